The number of sulfonamides is 1. The van der Waals surface area contributed by atoms with Crippen LogP contribution in [0.2, 0.25) is 5.02 Å². The van der Waals surface area contributed by atoms with E-state index < -0.39 is 21.8 Å². The highest BCUT2D eigenvalue weighted by molar-refractivity contribution is 7.89. The van der Waals surface area contributed by atoms with Gasteiger partial charge in [0.25, 0.3) is 0 Å². The second-order valence-electron chi connectivity index (χ2n) is 9.13. The maximum atomic E-state index is 13.5. The number of piperazine rings is 1. The van der Waals surface area contributed by atoms with Crippen molar-refractivity contribution < 1.29 is 26.4 Å². The number of hydrogen-bond donors (Lipinski definition) is 0. The van der Waals surface area contributed by atoms with Crippen molar-refractivity contribution in [3.63, 3.8) is 0 Å². The van der Waals surface area contributed by atoms with Crippen molar-refractivity contribution in [2.75, 3.05) is 37.6 Å². The third-order valence-electron chi connectivity index (χ3n) is 6.41. The summed E-state index contributed by atoms with van der Waals surface area (Å²) in [6.45, 7) is 2.73. The van der Waals surface area contributed by atoms with Gasteiger partial charge >= 0.3 is 6.18 Å². The largest absolute Gasteiger partial charge is 0.416 e. The van der Waals surface area contributed by atoms with Gasteiger partial charge in [-0.3, -0.25) is 4.79 Å². The molecule has 0 saturated carbocycles. The standard InChI is InChI=1S/C27H27ClF3N3O3S/c1-20-5-7-21(8-6-20)18-34(38(36,37)25-11-9-23(28)10-12-25)19-26(35)33-15-13-32(14-16-33)24-4-2-3-22(17-24)27(29,30)31/h2-12,17H,13-16,18-19H2,1H3. The van der Waals surface area contributed by atoms with E-state index in [0.717, 1.165) is 27.6 Å². The summed E-state index contributed by atoms with van der Waals surface area (Å²) in [6, 6.07) is 18.2. The highest BCUT2D eigenvalue weighted by Gasteiger charge is 2.32. The molecular formula is C27H27ClF3N3O3S. The molecule has 3 aromatic rings. The molecular weight excluding hydrogens is 539 g/mol. The van der Waals surface area contributed by atoms with Gasteiger partial charge in [-0.25, -0.2) is 8.42 Å². The van der Waals surface area contributed by atoms with Crippen LogP contribution < -0.4 is 4.90 Å². The van der Waals surface area contributed by atoms with Gasteiger partial charge in [-0.15, -0.1) is 0 Å². The van der Waals surface area contributed by atoms with E-state index in [2.05, 4.69) is 0 Å². The van der Waals surface area contributed by atoms with E-state index in [-0.39, 0.29) is 37.0 Å². The Morgan fingerprint density at radius 1 is 0.947 bits per heavy atom. The van der Waals surface area contributed by atoms with Gasteiger partial charge in [0.05, 0.1) is 17.0 Å². The Labute approximate surface area is 225 Å². The van der Waals surface area contributed by atoms with Crippen LogP contribution in [0.3, 0.4) is 0 Å². The van der Waals surface area contributed by atoms with Crippen LogP contribution in [0, 0.1) is 6.92 Å². The minimum absolute atomic E-state index is 0.00117. The topological polar surface area (TPSA) is 60.9 Å². The Bertz CT molecular complexity index is 1370. The third kappa shape index (κ3) is 6.67. The summed E-state index contributed by atoms with van der Waals surface area (Å²) in [6.07, 6.45) is -4.44. The molecule has 0 unspecified atom stereocenters. The van der Waals surface area contributed by atoms with Crippen LogP contribution >= 0.6 is 11.6 Å². The summed E-state index contributed by atoms with van der Waals surface area (Å²) in [5, 5.41) is 0.392. The number of hydrogen-bond acceptors (Lipinski definition) is 4. The van der Waals surface area contributed by atoms with Gasteiger partial charge in [0.15, 0.2) is 0 Å². The smallest absolute Gasteiger partial charge is 0.368 e. The molecule has 0 aromatic heterocycles. The van der Waals surface area contributed by atoms with Crippen LogP contribution in [0.1, 0.15) is 16.7 Å². The summed E-state index contributed by atoms with van der Waals surface area (Å²) < 4.78 is 67.5. The summed E-state index contributed by atoms with van der Waals surface area (Å²) in [5.41, 5.74) is 1.46. The fraction of sp³-hybridized carbons (Fsp3) is 0.296. The first-order valence-corrected chi connectivity index (χ1v) is 13.8. The Morgan fingerprint density at radius 3 is 2.18 bits per heavy atom. The zero-order chi connectivity index (χ0) is 27.5. The first kappa shape index (κ1) is 27.9. The van der Waals surface area contributed by atoms with Gasteiger partial charge in [0, 0.05) is 43.4 Å². The molecule has 1 aliphatic rings. The minimum Gasteiger partial charge on any atom is -0.368 e. The molecule has 202 valence electrons. The molecule has 1 heterocycles. The van der Waals surface area contributed by atoms with Crippen molar-refractivity contribution >= 4 is 33.2 Å². The summed E-state index contributed by atoms with van der Waals surface area (Å²) in [7, 11) is -4.02. The molecule has 1 saturated heterocycles. The lowest BCUT2D eigenvalue weighted by atomic mass is 10.1. The molecule has 1 aliphatic heterocycles. The first-order chi connectivity index (χ1) is 17.9. The van der Waals surface area contributed by atoms with Gasteiger partial charge in [0.2, 0.25) is 15.9 Å². The van der Waals surface area contributed by atoms with Crippen molar-refractivity contribution in [1.82, 2.24) is 9.21 Å². The molecule has 38 heavy (non-hydrogen) atoms. The number of rotatable bonds is 7. The molecule has 6 nitrogen and oxygen atoms in total. The molecule has 0 radical (unpaired) electrons. The van der Waals surface area contributed by atoms with E-state index in [4.69, 9.17) is 11.6 Å². The van der Waals surface area contributed by atoms with Crippen molar-refractivity contribution in [3.8, 4) is 0 Å². The molecule has 0 bridgehead atoms. The SMILES string of the molecule is Cc1ccc(CN(CC(=O)N2CCN(c3cccc(C(F)(F)F)c3)CC2)S(=O)(=O)c2ccc(Cl)cc2)cc1. The minimum atomic E-state index is -4.44. The van der Waals surface area contributed by atoms with Crippen LogP contribution in [0.25, 0.3) is 0 Å². The van der Waals surface area contributed by atoms with Crippen LogP contribution in [0.4, 0.5) is 18.9 Å². The van der Waals surface area contributed by atoms with Gasteiger partial charge < -0.3 is 9.80 Å². The predicted octanol–water partition coefficient (Wildman–Crippen LogP) is 5.21. The highest BCUT2D eigenvalue weighted by atomic mass is 35.5. The van der Waals surface area contributed by atoms with Crippen LogP contribution in [-0.4, -0.2) is 56.3 Å². The molecule has 3 aromatic carbocycles. The van der Waals surface area contributed by atoms with Crippen LogP contribution in [0.5, 0.6) is 0 Å². The molecule has 1 amide bonds. The van der Waals surface area contributed by atoms with E-state index >= 15 is 0 Å². The lowest BCUT2D eigenvalue weighted by Crippen LogP contribution is -2.51. The fourth-order valence-electron chi connectivity index (χ4n) is 4.22. The number of aryl methyl sites for hydroxylation is 1. The summed E-state index contributed by atoms with van der Waals surface area (Å²) in [5.74, 6) is -0.377. The maximum absolute atomic E-state index is 13.5. The van der Waals surface area contributed by atoms with Gasteiger partial charge in [-0.1, -0.05) is 47.5 Å². The third-order valence-corrected chi connectivity index (χ3v) is 8.47. The van der Waals surface area contributed by atoms with Crippen LogP contribution in [0.15, 0.2) is 77.7 Å². The van der Waals surface area contributed by atoms with E-state index in [1.54, 1.807) is 15.9 Å². The van der Waals surface area contributed by atoms with Gasteiger partial charge in [-0.2, -0.15) is 17.5 Å². The molecule has 0 N–H and O–H groups in total. The molecule has 0 spiro atoms. The molecule has 11 heteroatoms. The number of carbonyl (C=O) groups is 1. The number of amides is 1. The molecule has 0 aliphatic carbocycles. The summed E-state index contributed by atoms with van der Waals surface area (Å²) >= 11 is 5.93. The average Bonchev–Trinajstić information content (AvgIpc) is 2.89. The number of nitrogens with zero attached hydrogens (tertiary/aromatic N) is 3. The fourth-order valence-corrected chi connectivity index (χ4v) is 5.73. The summed E-state index contributed by atoms with van der Waals surface area (Å²) in [4.78, 5) is 16.6. The second kappa shape index (κ2) is 11.3. The zero-order valence-corrected chi connectivity index (χ0v) is 22.2. The Kier molecular flexibility index (Phi) is 8.34. The normalized spacial score (nSPS) is 14.7. The number of halogens is 4. The maximum Gasteiger partial charge on any atom is 0.416 e. The number of anilines is 1. The Hall–Kier alpha value is -3.08. The monoisotopic (exact) mass is 565 g/mol. The second-order valence-corrected chi connectivity index (χ2v) is 11.5. The number of carbonyl (C=O) groups excluding carboxylic acids is 1. The number of benzene rings is 3. The van der Waals surface area contributed by atoms with Crippen molar-refractivity contribution in [2.24, 2.45) is 0 Å². The Morgan fingerprint density at radius 2 is 1.58 bits per heavy atom. The molecule has 1 fully saturated rings. The number of alkyl halides is 3. The predicted molar refractivity (Wildman–Crippen MR) is 140 cm³/mol. The molecule has 4 rings (SSSR count). The van der Waals surface area contributed by atoms with Gasteiger partial charge in [-0.05, 0) is 55.0 Å². The van der Waals surface area contributed by atoms with Crippen molar-refractivity contribution in [2.45, 2.75) is 24.5 Å². The van der Waals surface area contributed by atoms with Crippen molar-refractivity contribution in [3.05, 3.63) is 94.5 Å². The highest BCUT2D eigenvalue weighted by Crippen LogP contribution is 2.32. The Balaban J connectivity index is 1.48. The van der Waals surface area contributed by atoms with Crippen LogP contribution in [-0.2, 0) is 27.5 Å². The van der Waals surface area contributed by atoms with Gasteiger partial charge in [0.1, 0.15) is 0 Å². The first-order valence-electron chi connectivity index (χ1n) is 11.9. The van der Waals surface area contributed by atoms with E-state index in [1.807, 2.05) is 31.2 Å². The van der Waals surface area contributed by atoms with E-state index in [9.17, 15) is 26.4 Å². The zero-order valence-electron chi connectivity index (χ0n) is 20.7. The quantitative estimate of drug-likeness (QED) is 0.395. The van der Waals surface area contributed by atoms with E-state index in [0.29, 0.717) is 23.8 Å². The van der Waals surface area contributed by atoms with E-state index in [1.165, 1.54) is 30.3 Å². The van der Waals surface area contributed by atoms with Crippen molar-refractivity contribution in [1.29, 1.82) is 0 Å². The molecule has 0 atom stereocenters. The lowest BCUT2D eigenvalue weighted by molar-refractivity contribution is -0.137. The lowest BCUT2D eigenvalue weighted by Gasteiger charge is -2.37. The average molecular weight is 566 g/mol.